The molecule has 288 valence electrons. The molecule has 0 bridgehead atoms. The summed E-state index contributed by atoms with van der Waals surface area (Å²) in [6.45, 7) is 2.30. The molecule has 0 spiro atoms. The molecule has 0 aliphatic heterocycles. The molecule has 0 atom stereocenters. The SMILES string of the molecule is CC(=O)OCC(=O)Cl.CC(=O)OCC(=O)Nc1cc2c(=O)n(Cc3ccc(Cl)c(Cl)c3)cnn2c1.Nc1cc2c(=O)n(Cc3ccc(Cl)c(Cl)c3)cnn2c1. The van der Waals surface area contributed by atoms with E-state index in [1.807, 2.05) is 6.07 Å². The molecule has 0 aliphatic carbocycles. The van der Waals surface area contributed by atoms with E-state index in [1.54, 1.807) is 42.6 Å². The second-order valence-electron chi connectivity index (χ2n) is 11.3. The number of benzene rings is 2. The van der Waals surface area contributed by atoms with Crippen LogP contribution in [0.2, 0.25) is 20.1 Å². The molecule has 0 saturated carbocycles. The van der Waals surface area contributed by atoms with Crippen LogP contribution < -0.4 is 22.2 Å². The van der Waals surface area contributed by atoms with Crippen LogP contribution in [0.15, 0.2) is 83.2 Å². The Morgan fingerprint density at radius 3 is 1.62 bits per heavy atom. The summed E-state index contributed by atoms with van der Waals surface area (Å²) in [5.41, 5.74) is 8.44. The predicted octanol–water partition coefficient (Wildman–Crippen LogP) is 5.10. The van der Waals surface area contributed by atoms with E-state index in [4.69, 9.17) is 63.7 Å². The van der Waals surface area contributed by atoms with Gasteiger partial charge >= 0.3 is 11.9 Å². The largest absolute Gasteiger partial charge is 0.456 e. The fourth-order valence-corrected chi connectivity index (χ4v) is 5.25. The number of ether oxygens (including phenoxy) is 2. The number of carbonyl (C=O) groups is 4. The summed E-state index contributed by atoms with van der Waals surface area (Å²) in [7, 11) is 0. The molecule has 16 nitrogen and oxygen atoms in total. The molecule has 2 aromatic carbocycles. The number of rotatable bonds is 9. The Labute approximate surface area is 335 Å². The van der Waals surface area contributed by atoms with Gasteiger partial charge in [-0.2, -0.15) is 10.2 Å². The standard InChI is InChI=1S/C17H14Cl2N4O4.C13H10Cl2N4O.C4H5ClO3/c1-10(24)27-8-16(25)21-12-5-15-17(26)22(9-20-23(15)7-12)6-11-2-3-13(18)14(19)4-11;14-10-2-1-8(3-11(10)15)5-18-7-17-19-6-9(16)4-12(19)13(18)20;1-3(6)8-2-4(5)7/h2-5,7,9H,6,8H2,1H3,(H,21,25);1-4,6-7H,5,16H2;2H2,1H3. The second-order valence-corrected chi connectivity index (χ2v) is 13.3. The number of nitrogens with one attached hydrogen (secondary N) is 1. The zero-order valence-corrected chi connectivity index (χ0v) is 32.5. The maximum Gasteiger partial charge on any atom is 0.303 e. The van der Waals surface area contributed by atoms with Crippen LogP contribution >= 0.6 is 58.0 Å². The van der Waals surface area contributed by atoms with E-state index in [2.05, 4.69) is 25.0 Å². The number of aromatic nitrogens is 6. The van der Waals surface area contributed by atoms with E-state index >= 15 is 0 Å². The van der Waals surface area contributed by atoms with Gasteiger partial charge in [0.2, 0.25) is 0 Å². The van der Waals surface area contributed by atoms with Crippen LogP contribution in [0.5, 0.6) is 0 Å². The molecule has 55 heavy (non-hydrogen) atoms. The van der Waals surface area contributed by atoms with Crippen molar-refractivity contribution in [3.05, 3.63) is 126 Å². The molecule has 6 aromatic rings. The monoisotopic (exact) mass is 852 g/mol. The molecule has 3 N–H and O–H groups in total. The summed E-state index contributed by atoms with van der Waals surface area (Å²) in [4.78, 5) is 67.2. The van der Waals surface area contributed by atoms with Gasteiger partial charge in [-0.05, 0) is 59.1 Å². The number of fused-ring (bicyclic) bond motifs is 2. The molecule has 21 heteroatoms. The molecule has 0 fully saturated rings. The van der Waals surface area contributed by atoms with Crippen molar-refractivity contribution in [3.8, 4) is 0 Å². The fourth-order valence-electron chi connectivity index (χ4n) is 4.56. The quantitative estimate of drug-likeness (QED) is 0.145. The van der Waals surface area contributed by atoms with Gasteiger partial charge in [-0.25, -0.2) is 9.03 Å². The molecule has 0 radical (unpaired) electrons. The number of halogens is 5. The number of nitrogen functional groups attached to an aromatic ring is 1. The highest BCUT2D eigenvalue weighted by Gasteiger charge is 2.12. The van der Waals surface area contributed by atoms with Crippen molar-refractivity contribution in [3.63, 3.8) is 0 Å². The van der Waals surface area contributed by atoms with E-state index < -0.39 is 29.7 Å². The number of hydrogen-bond donors (Lipinski definition) is 2. The van der Waals surface area contributed by atoms with Crippen LogP contribution in [-0.4, -0.2) is 64.7 Å². The lowest BCUT2D eigenvalue weighted by molar-refractivity contribution is -0.145. The summed E-state index contributed by atoms with van der Waals surface area (Å²) in [6.07, 6.45) is 5.95. The third kappa shape index (κ3) is 12.3. The highest BCUT2D eigenvalue weighted by atomic mass is 35.5. The molecule has 0 unspecified atom stereocenters. The summed E-state index contributed by atoms with van der Waals surface area (Å²) in [5.74, 6) is -1.57. The van der Waals surface area contributed by atoms with E-state index in [-0.39, 0.29) is 29.8 Å². The zero-order chi connectivity index (χ0) is 40.4. The van der Waals surface area contributed by atoms with Gasteiger partial charge in [-0.1, -0.05) is 58.5 Å². The van der Waals surface area contributed by atoms with Crippen LogP contribution in [-0.2, 0) is 41.7 Å². The molecule has 4 aromatic heterocycles. The average Bonchev–Trinajstić information content (AvgIpc) is 3.72. The third-order valence-corrected chi connectivity index (χ3v) is 8.55. The summed E-state index contributed by atoms with van der Waals surface area (Å²) >= 11 is 28.5. The van der Waals surface area contributed by atoms with Gasteiger partial charge in [-0.15, -0.1) is 0 Å². The second kappa shape index (κ2) is 19.3. The topological polar surface area (TPSA) is 203 Å². The van der Waals surface area contributed by atoms with E-state index in [0.29, 0.717) is 43.5 Å². The molecule has 4 heterocycles. The first-order chi connectivity index (χ1) is 26.0. The zero-order valence-electron chi connectivity index (χ0n) is 28.7. The van der Waals surface area contributed by atoms with Crippen molar-refractivity contribution in [2.24, 2.45) is 0 Å². The lowest BCUT2D eigenvalue weighted by Crippen LogP contribution is -2.23. The Hall–Kier alpha value is -5.39. The van der Waals surface area contributed by atoms with Gasteiger partial charge in [0.1, 0.15) is 23.7 Å². The van der Waals surface area contributed by atoms with Gasteiger partial charge in [0.15, 0.2) is 13.2 Å². The Balaban J connectivity index is 0.000000210. The lowest BCUT2D eigenvalue weighted by Gasteiger charge is -2.06. The number of carbonyl (C=O) groups excluding carboxylic acids is 4. The lowest BCUT2D eigenvalue weighted by atomic mass is 10.2. The molecule has 1 amide bonds. The first-order valence-corrected chi connectivity index (χ1v) is 17.4. The van der Waals surface area contributed by atoms with E-state index in [0.717, 1.165) is 11.1 Å². The minimum Gasteiger partial charge on any atom is -0.456 e. The highest BCUT2D eigenvalue weighted by molar-refractivity contribution is 6.64. The Kier molecular flexibility index (Phi) is 14.8. The van der Waals surface area contributed by atoms with Gasteiger partial charge in [-0.3, -0.25) is 37.9 Å². The number of nitrogens with zero attached hydrogens (tertiary/aromatic N) is 6. The minimum absolute atomic E-state index is 0.164. The molecular formula is C34H29Cl5N8O8. The van der Waals surface area contributed by atoms with Crippen molar-refractivity contribution < 1.29 is 28.7 Å². The molecule has 6 rings (SSSR count). The number of esters is 2. The first kappa shape index (κ1) is 42.4. The molecule has 0 aliphatic rings. The van der Waals surface area contributed by atoms with Crippen molar-refractivity contribution >= 4 is 104 Å². The van der Waals surface area contributed by atoms with E-state index in [1.165, 1.54) is 56.9 Å². The summed E-state index contributed by atoms with van der Waals surface area (Å²) < 4.78 is 14.5. The average molecular weight is 855 g/mol. The van der Waals surface area contributed by atoms with Gasteiger partial charge in [0.25, 0.3) is 22.3 Å². The number of amides is 1. The minimum atomic E-state index is -0.666. The van der Waals surface area contributed by atoms with Crippen LogP contribution in [0.4, 0.5) is 11.4 Å². The third-order valence-electron chi connectivity index (χ3n) is 6.97. The predicted molar refractivity (Wildman–Crippen MR) is 207 cm³/mol. The van der Waals surface area contributed by atoms with Crippen LogP contribution in [0, 0.1) is 0 Å². The van der Waals surface area contributed by atoms with Crippen LogP contribution in [0.1, 0.15) is 25.0 Å². The summed E-state index contributed by atoms with van der Waals surface area (Å²) in [5, 5.41) is 11.9. The van der Waals surface area contributed by atoms with Crippen molar-refractivity contribution in [1.82, 2.24) is 28.4 Å². The maximum absolute atomic E-state index is 12.7. The molecular weight excluding hydrogens is 826 g/mol. The molecule has 0 saturated heterocycles. The first-order valence-electron chi connectivity index (χ1n) is 15.5. The number of hydrogen-bond acceptors (Lipinski definition) is 11. The highest BCUT2D eigenvalue weighted by Crippen LogP contribution is 2.24. The smallest absolute Gasteiger partial charge is 0.303 e. The Morgan fingerprint density at radius 1 is 0.691 bits per heavy atom. The van der Waals surface area contributed by atoms with Crippen LogP contribution in [0.3, 0.4) is 0 Å². The van der Waals surface area contributed by atoms with Crippen molar-refractivity contribution in [2.75, 3.05) is 24.3 Å². The normalized spacial score (nSPS) is 10.5. The maximum atomic E-state index is 12.7. The summed E-state index contributed by atoms with van der Waals surface area (Å²) in [6, 6.07) is 13.4. The van der Waals surface area contributed by atoms with Crippen LogP contribution in [0.25, 0.3) is 11.0 Å². The number of anilines is 2. The van der Waals surface area contributed by atoms with Gasteiger partial charge in [0.05, 0.1) is 56.9 Å². The van der Waals surface area contributed by atoms with Gasteiger partial charge in [0, 0.05) is 13.8 Å². The fraction of sp³-hybridized carbons (Fsp3) is 0.176. The van der Waals surface area contributed by atoms with E-state index in [9.17, 15) is 28.8 Å². The van der Waals surface area contributed by atoms with Crippen molar-refractivity contribution in [2.45, 2.75) is 26.9 Å². The van der Waals surface area contributed by atoms with Crippen molar-refractivity contribution in [1.29, 1.82) is 0 Å². The Bertz CT molecular complexity index is 2500. The Morgan fingerprint density at radius 2 is 1.16 bits per heavy atom. The van der Waals surface area contributed by atoms with Gasteiger partial charge < -0.3 is 20.5 Å². The number of nitrogens with two attached hydrogens (primary N) is 1.